The number of hydrogen-bond acceptors (Lipinski definition) is 3. The molecule has 4 nitrogen and oxygen atoms in total. The maximum atomic E-state index is 13.4. The highest BCUT2D eigenvalue weighted by atomic mass is 35.5. The topological polar surface area (TPSA) is 51.2 Å². The number of amides is 1. The Bertz CT molecular complexity index is 558. The minimum Gasteiger partial charge on any atom is -0.444 e. The standard InChI is InChI=1S/C13H10ClFN2O2/c14-12-11(10(15)6-7-16-12)17-13(18)19-8-9-4-2-1-3-5-9/h1-7H,8H2,(H,17,18). The molecule has 0 unspecified atom stereocenters. The molecular weight excluding hydrogens is 271 g/mol. The zero-order valence-corrected chi connectivity index (χ0v) is 10.5. The summed E-state index contributed by atoms with van der Waals surface area (Å²) in [6, 6.07) is 10.2. The third-order valence-electron chi connectivity index (χ3n) is 2.29. The van der Waals surface area contributed by atoms with Gasteiger partial charge in [0.15, 0.2) is 11.0 Å². The van der Waals surface area contributed by atoms with Gasteiger partial charge in [0.2, 0.25) is 0 Å². The Morgan fingerprint density at radius 3 is 2.74 bits per heavy atom. The van der Waals surface area contributed by atoms with E-state index in [2.05, 4.69) is 10.3 Å². The number of hydrogen-bond donors (Lipinski definition) is 1. The van der Waals surface area contributed by atoms with Crippen LogP contribution in [0.25, 0.3) is 0 Å². The second-order valence-corrected chi connectivity index (χ2v) is 4.00. The van der Waals surface area contributed by atoms with Gasteiger partial charge in [0.1, 0.15) is 12.3 Å². The van der Waals surface area contributed by atoms with Crippen LogP contribution in [-0.4, -0.2) is 11.1 Å². The van der Waals surface area contributed by atoms with Gasteiger partial charge < -0.3 is 4.74 Å². The van der Waals surface area contributed by atoms with Crippen LogP contribution < -0.4 is 5.32 Å². The summed E-state index contributed by atoms with van der Waals surface area (Å²) in [5, 5.41) is 2.09. The largest absolute Gasteiger partial charge is 0.444 e. The molecule has 0 atom stereocenters. The van der Waals surface area contributed by atoms with Gasteiger partial charge in [-0.05, 0) is 11.6 Å². The second-order valence-electron chi connectivity index (χ2n) is 3.65. The fourth-order valence-corrected chi connectivity index (χ4v) is 1.58. The van der Waals surface area contributed by atoms with E-state index in [-0.39, 0.29) is 17.4 Å². The van der Waals surface area contributed by atoms with Crippen molar-refractivity contribution < 1.29 is 13.9 Å². The molecule has 1 aromatic heterocycles. The number of rotatable bonds is 3. The van der Waals surface area contributed by atoms with Gasteiger partial charge >= 0.3 is 6.09 Å². The normalized spacial score (nSPS) is 10.0. The maximum absolute atomic E-state index is 13.4. The quantitative estimate of drug-likeness (QED) is 0.874. The Morgan fingerprint density at radius 1 is 1.32 bits per heavy atom. The number of benzene rings is 1. The summed E-state index contributed by atoms with van der Waals surface area (Å²) in [4.78, 5) is 15.2. The minimum atomic E-state index is -0.794. The average Bonchev–Trinajstić information content (AvgIpc) is 2.42. The van der Waals surface area contributed by atoms with E-state index in [9.17, 15) is 9.18 Å². The fourth-order valence-electron chi connectivity index (χ4n) is 1.39. The lowest BCUT2D eigenvalue weighted by Crippen LogP contribution is -2.15. The van der Waals surface area contributed by atoms with Crippen LogP contribution in [0.15, 0.2) is 42.6 Å². The SMILES string of the molecule is O=C(Nc1c(F)ccnc1Cl)OCc1ccccc1. The van der Waals surface area contributed by atoms with Gasteiger partial charge in [0.25, 0.3) is 0 Å². The van der Waals surface area contributed by atoms with Crippen molar-refractivity contribution in [1.29, 1.82) is 0 Å². The third kappa shape index (κ3) is 3.66. The number of nitrogens with one attached hydrogen (secondary N) is 1. The predicted molar refractivity (Wildman–Crippen MR) is 69.5 cm³/mol. The van der Waals surface area contributed by atoms with E-state index in [4.69, 9.17) is 16.3 Å². The van der Waals surface area contributed by atoms with Crippen LogP contribution in [0.5, 0.6) is 0 Å². The molecule has 1 amide bonds. The van der Waals surface area contributed by atoms with E-state index in [1.54, 1.807) is 0 Å². The number of pyridine rings is 1. The van der Waals surface area contributed by atoms with Crippen molar-refractivity contribution in [3.05, 3.63) is 59.1 Å². The third-order valence-corrected chi connectivity index (χ3v) is 2.58. The van der Waals surface area contributed by atoms with Crippen LogP contribution in [0, 0.1) is 5.82 Å². The van der Waals surface area contributed by atoms with Crippen molar-refractivity contribution in [2.24, 2.45) is 0 Å². The second kappa shape index (κ2) is 6.15. The molecule has 1 aromatic carbocycles. The highest BCUT2D eigenvalue weighted by Crippen LogP contribution is 2.22. The summed E-state index contributed by atoms with van der Waals surface area (Å²) in [6.45, 7) is 0.0895. The van der Waals surface area contributed by atoms with Crippen molar-refractivity contribution in [2.75, 3.05) is 5.32 Å². The molecule has 2 rings (SSSR count). The van der Waals surface area contributed by atoms with Gasteiger partial charge in [-0.25, -0.2) is 14.2 Å². The molecule has 0 fully saturated rings. The molecule has 0 saturated carbocycles. The summed E-state index contributed by atoms with van der Waals surface area (Å²) in [6.07, 6.45) is 0.413. The van der Waals surface area contributed by atoms with Crippen molar-refractivity contribution in [1.82, 2.24) is 4.98 Å². The lowest BCUT2D eigenvalue weighted by Gasteiger charge is -2.08. The lowest BCUT2D eigenvalue weighted by atomic mass is 10.2. The van der Waals surface area contributed by atoms with Gasteiger partial charge in [-0.15, -0.1) is 0 Å². The number of ether oxygens (including phenoxy) is 1. The first-order valence-corrected chi connectivity index (χ1v) is 5.82. The first-order chi connectivity index (χ1) is 9.16. The summed E-state index contributed by atoms with van der Waals surface area (Å²) in [5.74, 6) is -0.670. The summed E-state index contributed by atoms with van der Waals surface area (Å²) < 4.78 is 18.3. The Kier molecular flexibility index (Phi) is 4.30. The molecule has 2 aromatic rings. The van der Waals surface area contributed by atoms with Crippen molar-refractivity contribution in [3.8, 4) is 0 Å². The summed E-state index contributed by atoms with van der Waals surface area (Å²) in [5.41, 5.74) is 0.637. The van der Waals surface area contributed by atoms with Gasteiger partial charge in [-0.2, -0.15) is 0 Å². The predicted octanol–water partition coefficient (Wildman–Crippen LogP) is 3.62. The number of carbonyl (C=O) groups excluding carboxylic acids is 1. The monoisotopic (exact) mass is 280 g/mol. The summed E-state index contributed by atoms with van der Waals surface area (Å²) >= 11 is 5.67. The molecule has 0 aliphatic carbocycles. The number of carbonyl (C=O) groups is 1. The molecule has 0 radical (unpaired) electrons. The molecule has 0 aliphatic heterocycles. The first kappa shape index (κ1) is 13.3. The zero-order chi connectivity index (χ0) is 13.7. The smallest absolute Gasteiger partial charge is 0.412 e. The highest BCUT2D eigenvalue weighted by Gasteiger charge is 2.12. The Labute approximate surface area is 114 Å². The van der Waals surface area contributed by atoms with Crippen LogP contribution in [0.1, 0.15) is 5.56 Å². The van der Waals surface area contributed by atoms with Gasteiger partial charge in [0, 0.05) is 6.20 Å². The van der Waals surface area contributed by atoms with E-state index >= 15 is 0 Å². The van der Waals surface area contributed by atoms with E-state index in [0.717, 1.165) is 11.6 Å². The minimum absolute atomic E-state index is 0.0895. The summed E-state index contributed by atoms with van der Waals surface area (Å²) in [7, 11) is 0. The molecule has 1 N–H and O–H groups in total. The highest BCUT2D eigenvalue weighted by molar-refractivity contribution is 6.32. The number of nitrogens with zero attached hydrogens (tertiary/aromatic N) is 1. The molecular formula is C13H10ClFN2O2. The van der Waals surface area contributed by atoms with E-state index in [0.29, 0.717) is 0 Å². The molecule has 6 heteroatoms. The molecule has 0 aliphatic rings. The number of halogens is 2. The van der Waals surface area contributed by atoms with Crippen LogP contribution in [0.4, 0.5) is 14.9 Å². The molecule has 0 spiro atoms. The Balaban J connectivity index is 1.95. The lowest BCUT2D eigenvalue weighted by molar-refractivity contribution is 0.155. The van der Waals surface area contributed by atoms with Crippen LogP contribution in [-0.2, 0) is 11.3 Å². The zero-order valence-electron chi connectivity index (χ0n) is 9.77. The Hall–Kier alpha value is -2.14. The molecule has 0 bridgehead atoms. The number of aromatic nitrogens is 1. The first-order valence-electron chi connectivity index (χ1n) is 5.44. The molecule has 1 heterocycles. The van der Waals surface area contributed by atoms with E-state index in [1.165, 1.54) is 6.20 Å². The van der Waals surface area contributed by atoms with Gasteiger partial charge in [0.05, 0.1) is 0 Å². The van der Waals surface area contributed by atoms with Gasteiger partial charge in [-0.1, -0.05) is 41.9 Å². The van der Waals surface area contributed by atoms with Crippen molar-refractivity contribution >= 4 is 23.4 Å². The molecule has 0 saturated heterocycles. The molecule has 19 heavy (non-hydrogen) atoms. The van der Waals surface area contributed by atoms with Crippen LogP contribution in [0.2, 0.25) is 5.15 Å². The van der Waals surface area contributed by atoms with Gasteiger partial charge in [-0.3, -0.25) is 5.32 Å². The van der Waals surface area contributed by atoms with Crippen molar-refractivity contribution in [2.45, 2.75) is 6.61 Å². The maximum Gasteiger partial charge on any atom is 0.412 e. The van der Waals surface area contributed by atoms with E-state index in [1.807, 2.05) is 30.3 Å². The van der Waals surface area contributed by atoms with E-state index < -0.39 is 11.9 Å². The number of anilines is 1. The fraction of sp³-hybridized carbons (Fsp3) is 0.0769. The Morgan fingerprint density at radius 2 is 2.05 bits per heavy atom. The molecule has 98 valence electrons. The van der Waals surface area contributed by atoms with Crippen molar-refractivity contribution in [3.63, 3.8) is 0 Å². The van der Waals surface area contributed by atoms with Crippen LogP contribution >= 0.6 is 11.6 Å². The van der Waals surface area contributed by atoms with Crippen LogP contribution in [0.3, 0.4) is 0 Å². The average molecular weight is 281 g/mol.